The first-order chi connectivity index (χ1) is 17.5. The van der Waals surface area contributed by atoms with Crippen molar-refractivity contribution in [3.8, 4) is 0 Å². The minimum atomic E-state index is -2.51. The van der Waals surface area contributed by atoms with Gasteiger partial charge in [0.2, 0.25) is 0 Å². The third-order valence-electron chi connectivity index (χ3n) is 5.67. The van der Waals surface area contributed by atoms with E-state index in [9.17, 15) is 9.59 Å². The second-order valence-corrected chi connectivity index (χ2v) is 11.7. The smallest absolute Gasteiger partial charge is 0.285 e. The molecular weight excluding hydrogens is 465 g/mol. The highest BCUT2D eigenvalue weighted by Gasteiger charge is 2.45. The highest BCUT2D eigenvalue weighted by molar-refractivity contribution is 7.98. The summed E-state index contributed by atoms with van der Waals surface area (Å²) in [7, 11) is 0.967. The molecule has 2 amide bonds. The molecule has 4 aromatic carbocycles. The van der Waals surface area contributed by atoms with Gasteiger partial charge in [0.05, 0.1) is 0 Å². The van der Waals surface area contributed by atoms with E-state index in [1.165, 1.54) is 0 Å². The Morgan fingerprint density at radius 3 is 1.42 bits per heavy atom. The standard InChI is InChI=1S/C30H28N3O2P/c1-33(2)32-30(35)28(31-29(34)24-15-7-3-8-16-24)23-36(25-17-9-4-10-18-25,26-19-11-5-12-20-26)27-21-13-6-14-22-27/h3-23H,1-2H3,(H-,31,32,34,35)/p+1. The molecule has 180 valence electrons. The highest BCUT2D eigenvalue weighted by atomic mass is 31.2. The van der Waals surface area contributed by atoms with Crippen LogP contribution < -0.4 is 26.7 Å². The maximum Gasteiger partial charge on any atom is 0.285 e. The molecule has 0 fully saturated rings. The second-order valence-electron chi connectivity index (χ2n) is 8.43. The minimum absolute atomic E-state index is 0.197. The van der Waals surface area contributed by atoms with E-state index in [1.807, 2.05) is 66.5 Å². The maximum atomic E-state index is 13.5. The van der Waals surface area contributed by atoms with Crippen molar-refractivity contribution in [2.75, 3.05) is 14.1 Å². The molecule has 0 saturated carbocycles. The molecule has 0 saturated heterocycles. The van der Waals surface area contributed by atoms with Crippen LogP contribution in [0.25, 0.3) is 0 Å². The van der Waals surface area contributed by atoms with E-state index in [4.69, 9.17) is 0 Å². The van der Waals surface area contributed by atoms with Crippen LogP contribution in [-0.2, 0) is 4.79 Å². The average molecular weight is 495 g/mol. The number of benzene rings is 4. The van der Waals surface area contributed by atoms with Gasteiger partial charge in [-0.3, -0.25) is 15.0 Å². The summed E-state index contributed by atoms with van der Waals surface area (Å²) in [6.07, 6.45) is 0. The molecule has 0 radical (unpaired) electrons. The van der Waals surface area contributed by atoms with Gasteiger partial charge in [0, 0.05) is 19.7 Å². The molecule has 6 heteroatoms. The molecule has 2 N–H and O–H groups in total. The summed E-state index contributed by atoms with van der Waals surface area (Å²) >= 11 is 0. The van der Waals surface area contributed by atoms with Crippen LogP contribution in [0.2, 0.25) is 0 Å². The SMILES string of the molecule is CN(C)NC(=O)C(=C[P+](c1ccccc1)(c1ccccc1)c1ccccc1)NC(=O)c1ccccc1. The molecule has 0 aliphatic rings. The highest BCUT2D eigenvalue weighted by Crippen LogP contribution is 2.57. The molecular formula is C30H29N3O2P+. The average Bonchev–Trinajstić information content (AvgIpc) is 2.92. The van der Waals surface area contributed by atoms with Gasteiger partial charge in [-0.15, -0.1) is 0 Å². The second kappa shape index (κ2) is 11.6. The van der Waals surface area contributed by atoms with Crippen molar-refractivity contribution in [2.45, 2.75) is 0 Å². The maximum absolute atomic E-state index is 13.5. The summed E-state index contributed by atoms with van der Waals surface area (Å²) in [5.74, 6) is 1.23. The van der Waals surface area contributed by atoms with Gasteiger partial charge in [0.15, 0.2) is 0 Å². The van der Waals surface area contributed by atoms with E-state index in [0.717, 1.165) is 15.9 Å². The molecule has 4 rings (SSSR count). The summed E-state index contributed by atoms with van der Waals surface area (Å²) in [5, 5.41) is 7.71. The van der Waals surface area contributed by atoms with Crippen molar-refractivity contribution < 1.29 is 9.59 Å². The molecule has 4 aromatic rings. The normalized spacial score (nSPS) is 11.7. The summed E-state index contributed by atoms with van der Waals surface area (Å²) < 4.78 is 0. The summed E-state index contributed by atoms with van der Waals surface area (Å²) in [4.78, 5) is 26.7. The zero-order valence-electron chi connectivity index (χ0n) is 20.3. The first kappa shape index (κ1) is 25.1. The summed E-state index contributed by atoms with van der Waals surface area (Å²) in [5.41, 5.74) is 3.48. The predicted octanol–water partition coefficient (Wildman–Crippen LogP) is 3.84. The van der Waals surface area contributed by atoms with Crippen molar-refractivity contribution >= 4 is 35.0 Å². The number of amides is 2. The Morgan fingerprint density at radius 2 is 1.03 bits per heavy atom. The Balaban J connectivity index is 1.98. The van der Waals surface area contributed by atoms with Crippen LogP contribution in [0.15, 0.2) is 133 Å². The molecule has 5 nitrogen and oxygen atoms in total. The fraction of sp³-hybridized carbons (Fsp3) is 0.0667. The van der Waals surface area contributed by atoms with Crippen LogP contribution in [0, 0.1) is 0 Å². The van der Waals surface area contributed by atoms with E-state index < -0.39 is 13.2 Å². The van der Waals surface area contributed by atoms with E-state index in [2.05, 4.69) is 47.1 Å². The largest absolute Gasteiger partial charge is 0.315 e. The third-order valence-corrected chi connectivity index (χ3v) is 9.65. The van der Waals surface area contributed by atoms with E-state index in [0.29, 0.717) is 5.56 Å². The zero-order chi connectivity index (χ0) is 25.4. The van der Waals surface area contributed by atoms with Crippen LogP contribution in [0.1, 0.15) is 10.4 Å². The lowest BCUT2D eigenvalue weighted by Crippen LogP contribution is -2.42. The lowest BCUT2D eigenvalue weighted by Gasteiger charge is -2.25. The Hall–Kier alpha value is -4.05. The molecule has 36 heavy (non-hydrogen) atoms. The fourth-order valence-electron chi connectivity index (χ4n) is 4.05. The van der Waals surface area contributed by atoms with Gasteiger partial charge >= 0.3 is 0 Å². The number of hydrogen-bond acceptors (Lipinski definition) is 3. The third kappa shape index (κ3) is 5.60. The Kier molecular flexibility index (Phi) is 8.06. The number of nitrogens with zero attached hydrogens (tertiary/aromatic N) is 1. The molecule has 0 aromatic heterocycles. The monoisotopic (exact) mass is 494 g/mol. The van der Waals surface area contributed by atoms with Crippen molar-refractivity contribution in [1.29, 1.82) is 0 Å². The molecule has 0 unspecified atom stereocenters. The fourth-order valence-corrected chi connectivity index (χ4v) is 7.89. The van der Waals surface area contributed by atoms with Gasteiger partial charge < -0.3 is 5.32 Å². The van der Waals surface area contributed by atoms with Gasteiger partial charge in [-0.2, -0.15) is 0 Å². The van der Waals surface area contributed by atoms with E-state index in [-0.39, 0.29) is 11.6 Å². The van der Waals surface area contributed by atoms with Crippen molar-refractivity contribution in [3.05, 3.63) is 138 Å². The van der Waals surface area contributed by atoms with Crippen molar-refractivity contribution in [1.82, 2.24) is 15.8 Å². The molecule has 0 bridgehead atoms. The summed E-state index contributed by atoms with van der Waals surface area (Å²) in [6, 6.07) is 39.4. The number of carbonyl (C=O) groups excluding carboxylic acids is 2. The number of rotatable bonds is 8. The van der Waals surface area contributed by atoms with E-state index >= 15 is 0 Å². The Morgan fingerprint density at radius 1 is 0.639 bits per heavy atom. The minimum Gasteiger partial charge on any atom is -0.315 e. The zero-order valence-corrected chi connectivity index (χ0v) is 21.2. The van der Waals surface area contributed by atoms with Gasteiger partial charge in [-0.25, -0.2) is 5.01 Å². The Bertz CT molecular complexity index is 1230. The molecule has 0 aliphatic carbocycles. The van der Waals surface area contributed by atoms with Crippen molar-refractivity contribution in [3.63, 3.8) is 0 Å². The lowest BCUT2D eigenvalue weighted by molar-refractivity contribution is -0.121. The molecule has 0 spiro atoms. The van der Waals surface area contributed by atoms with Crippen LogP contribution in [0.4, 0.5) is 0 Å². The van der Waals surface area contributed by atoms with Crippen molar-refractivity contribution in [2.24, 2.45) is 0 Å². The first-order valence-electron chi connectivity index (χ1n) is 11.6. The number of hydrogen-bond donors (Lipinski definition) is 2. The molecule has 0 heterocycles. The van der Waals surface area contributed by atoms with Crippen LogP contribution in [0.3, 0.4) is 0 Å². The summed E-state index contributed by atoms with van der Waals surface area (Å²) in [6.45, 7) is 0. The van der Waals surface area contributed by atoms with Gasteiger partial charge in [0.1, 0.15) is 34.7 Å². The molecule has 0 aliphatic heterocycles. The quantitative estimate of drug-likeness (QED) is 0.222. The lowest BCUT2D eigenvalue weighted by atomic mass is 10.2. The van der Waals surface area contributed by atoms with Crippen LogP contribution >= 0.6 is 7.26 Å². The van der Waals surface area contributed by atoms with Crippen LogP contribution in [-0.4, -0.2) is 30.9 Å². The van der Waals surface area contributed by atoms with Crippen LogP contribution in [0.5, 0.6) is 0 Å². The predicted molar refractivity (Wildman–Crippen MR) is 149 cm³/mol. The van der Waals surface area contributed by atoms with Gasteiger partial charge in [-0.05, 0) is 48.5 Å². The number of nitrogens with one attached hydrogen (secondary N) is 2. The first-order valence-corrected chi connectivity index (χ1v) is 13.5. The topological polar surface area (TPSA) is 61.4 Å². The number of carbonyl (C=O) groups is 2. The van der Waals surface area contributed by atoms with Gasteiger partial charge in [-0.1, -0.05) is 72.8 Å². The number of hydrazine groups is 1. The molecule has 0 atom stereocenters. The Labute approximate surface area is 212 Å². The van der Waals surface area contributed by atoms with Gasteiger partial charge in [0.25, 0.3) is 11.8 Å². The van der Waals surface area contributed by atoms with E-state index in [1.54, 1.807) is 43.4 Å².